The third kappa shape index (κ3) is 5.12. The zero-order valence-electron chi connectivity index (χ0n) is 18.6. The summed E-state index contributed by atoms with van der Waals surface area (Å²) in [4.78, 5) is 38.4. The lowest BCUT2D eigenvalue weighted by Gasteiger charge is -2.05. The summed E-state index contributed by atoms with van der Waals surface area (Å²) in [7, 11) is 1.91. The maximum atomic E-state index is 12.9. The van der Waals surface area contributed by atoms with Gasteiger partial charge in [0, 0.05) is 29.7 Å². The zero-order chi connectivity index (χ0) is 23.3. The molecule has 0 spiro atoms. The molecule has 0 saturated heterocycles. The number of aryl methyl sites for hydroxylation is 1. The summed E-state index contributed by atoms with van der Waals surface area (Å²) in [5, 5.41) is 9.58. The van der Waals surface area contributed by atoms with Crippen LogP contribution in [0, 0.1) is 32.1 Å². The molecule has 7 nitrogen and oxygen atoms in total. The predicted octanol–water partition coefficient (Wildman–Crippen LogP) is 4.08. The molecule has 2 rings (SSSR count). The lowest BCUT2D eigenvalue weighted by atomic mass is 10.0. The minimum Gasteiger partial charge on any atom is -0.462 e. The Balaban J connectivity index is 2.46. The standard InChI is InChI=1S/C23H26N2O5S/c1-7-29-22(27)20-14(4)21(23(28)30-8-2)31-19(20)11-18(26)17(12-24)10-16-9-13(3)25(6)15(16)5/h9-10H,7-8,11H2,1-6H3. The molecule has 0 unspecified atom stereocenters. The molecule has 2 heterocycles. The average Bonchev–Trinajstić information content (AvgIpc) is 3.17. The topological polar surface area (TPSA) is 98.4 Å². The number of nitriles is 1. The highest BCUT2D eigenvalue weighted by Gasteiger charge is 2.28. The second-order valence-corrected chi connectivity index (χ2v) is 8.06. The van der Waals surface area contributed by atoms with Crippen LogP contribution in [0.5, 0.6) is 0 Å². The van der Waals surface area contributed by atoms with Gasteiger partial charge in [0.15, 0.2) is 5.78 Å². The van der Waals surface area contributed by atoms with Crippen molar-refractivity contribution in [3.8, 4) is 6.07 Å². The number of rotatable bonds is 8. The van der Waals surface area contributed by atoms with Gasteiger partial charge in [-0.25, -0.2) is 9.59 Å². The molecule has 0 saturated carbocycles. The van der Waals surface area contributed by atoms with Crippen molar-refractivity contribution in [1.82, 2.24) is 4.57 Å². The van der Waals surface area contributed by atoms with Crippen molar-refractivity contribution >= 4 is 35.1 Å². The van der Waals surface area contributed by atoms with Crippen molar-refractivity contribution in [1.29, 1.82) is 5.26 Å². The van der Waals surface area contributed by atoms with Gasteiger partial charge in [0.05, 0.1) is 24.4 Å². The van der Waals surface area contributed by atoms with Crippen molar-refractivity contribution in [2.75, 3.05) is 13.2 Å². The molecule has 0 aromatic carbocycles. The number of esters is 2. The van der Waals surface area contributed by atoms with Crippen molar-refractivity contribution < 1.29 is 23.9 Å². The Morgan fingerprint density at radius 1 is 1.13 bits per heavy atom. The van der Waals surface area contributed by atoms with Gasteiger partial charge in [-0.05, 0) is 57.9 Å². The van der Waals surface area contributed by atoms with Gasteiger partial charge in [0.1, 0.15) is 10.9 Å². The second-order valence-electron chi connectivity index (χ2n) is 6.95. The molecule has 0 aliphatic heterocycles. The van der Waals surface area contributed by atoms with E-state index in [1.165, 1.54) is 0 Å². The number of carbonyl (C=O) groups is 3. The number of thiophene rings is 1. The lowest BCUT2D eigenvalue weighted by molar-refractivity contribution is -0.114. The molecule has 164 valence electrons. The van der Waals surface area contributed by atoms with E-state index in [1.54, 1.807) is 26.8 Å². The minimum atomic E-state index is -0.605. The first kappa shape index (κ1) is 24.1. The predicted molar refractivity (Wildman–Crippen MR) is 118 cm³/mol. The summed E-state index contributed by atoms with van der Waals surface area (Å²) in [5.74, 6) is -1.60. The molecule has 2 aromatic rings. The number of carbonyl (C=O) groups excluding carboxylic acids is 3. The molecule has 0 aliphatic carbocycles. The molecular formula is C23H26N2O5S. The summed E-state index contributed by atoms with van der Waals surface area (Å²) in [6, 6.07) is 3.86. The number of hydrogen-bond acceptors (Lipinski definition) is 7. The fraction of sp³-hybridized carbons (Fsp3) is 0.391. The quantitative estimate of drug-likeness (QED) is 0.347. The molecular weight excluding hydrogens is 416 g/mol. The van der Waals surface area contributed by atoms with E-state index >= 15 is 0 Å². The molecule has 0 N–H and O–H groups in total. The van der Waals surface area contributed by atoms with Crippen LogP contribution in [-0.2, 0) is 27.7 Å². The van der Waals surface area contributed by atoms with E-state index in [1.807, 2.05) is 37.6 Å². The van der Waals surface area contributed by atoms with Crippen molar-refractivity contribution in [2.24, 2.45) is 7.05 Å². The van der Waals surface area contributed by atoms with Gasteiger partial charge >= 0.3 is 11.9 Å². The van der Waals surface area contributed by atoms with Crippen LogP contribution >= 0.6 is 11.3 Å². The summed E-state index contributed by atoms with van der Waals surface area (Å²) in [6.45, 7) is 9.19. The molecule has 0 amide bonds. The Bertz CT molecular complexity index is 1100. The fourth-order valence-electron chi connectivity index (χ4n) is 3.16. The van der Waals surface area contributed by atoms with Crippen molar-refractivity contribution in [2.45, 2.75) is 41.0 Å². The maximum absolute atomic E-state index is 12.9. The number of ketones is 1. The molecule has 8 heteroatoms. The highest BCUT2D eigenvalue weighted by atomic mass is 32.1. The Morgan fingerprint density at radius 2 is 1.74 bits per heavy atom. The third-order valence-electron chi connectivity index (χ3n) is 5.02. The van der Waals surface area contributed by atoms with Crippen LogP contribution in [0.25, 0.3) is 6.08 Å². The number of nitrogens with zero attached hydrogens (tertiary/aromatic N) is 2. The normalized spacial score (nSPS) is 11.2. The monoisotopic (exact) mass is 442 g/mol. The van der Waals surface area contributed by atoms with Gasteiger partial charge in [-0.15, -0.1) is 11.3 Å². The average molecular weight is 443 g/mol. The van der Waals surface area contributed by atoms with Crippen LogP contribution in [-0.4, -0.2) is 35.5 Å². The third-order valence-corrected chi connectivity index (χ3v) is 6.29. The van der Waals surface area contributed by atoms with E-state index in [2.05, 4.69) is 0 Å². The number of aromatic nitrogens is 1. The number of allylic oxidation sites excluding steroid dienone is 1. The maximum Gasteiger partial charge on any atom is 0.348 e. The van der Waals surface area contributed by atoms with Crippen LogP contribution in [0.15, 0.2) is 11.6 Å². The highest BCUT2D eigenvalue weighted by molar-refractivity contribution is 7.14. The summed E-state index contributed by atoms with van der Waals surface area (Å²) >= 11 is 1.02. The van der Waals surface area contributed by atoms with Crippen LogP contribution in [0.4, 0.5) is 0 Å². The van der Waals surface area contributed by atoms with E-state index in [-0.39, 0.29) is 35.6 Å². The Morgan fingerprint density at radius 3 is 2.26 bits per heavy atom. The Kier molecular flexibility index (Phi) is 7.95. The number of ether oxygens (including phenoxy) is 2. The van der Waals surface area contributed by atoms with E-state index in [0.717, 1.165) is 28.3 Å². The second kappa shape index (κ2) is 10.2. The smallest absolute Gasteiger partial charge is 0.348 e. The first-order valence-corrected chi connectivity index (χ1v) is 10.7. The molecule has 31 heavy (non-hydrogen) atoms. The summed E-state index contributed by atoms with van der Waals surface area (Å²) in [5.41, 5.74) is 3.30. The van der Waals surface area contributed by atoms with E-state index < -0.39 is 17.7 Å². The molecule has 2 aromatic heterocycles. The van der Waals surface area contributed by atoms with Crippen molar-refractivity contribution in [3.05, 3.63) is 49.5 Å². The van der Waals surface area contributed by atoms with Gasteiger partial charge in [-0.2, -0.15) is 5.26 Å². The van der Waals surface area contributed by atoms with Crippen molar-refractivity contribution in [3.63, 3.8) is 0 Å². The Hall–Kier alpha value is -3.18. The SMILES string of the molecule is CCOC(=O)c1sc(CC(=O)C(C#N)=Cc2cc(C)n(C)c2C)c(C(=O)OCC)c1C. The van der Waals surface area contributed by atoms with E-state index in [0.29, 0.717) is 10.4 Å². The van der Waals surface area contributed by atoms with Gasteiger partial charge in [0.25, 0.3) is 0 Å². The molecule has 0 atom stereocenters. The van der Waals surface area contributed by atoms with Gasteiger partial charge in [-0.3, -0.25) is 4.79 Å². The summed E-state index contributed by atoms with van der Waals surface area (Å²) < 4.78 is 12.2. The number of hydrogen-bond donors (Lipinski definition) is 0. The minimum absolute atomic E-state index is 0.0211. The fourth-order valence-corrected chi connectivity index (χ4v) is 4.35. The Labute approximate surface area is 185 Å². The largest absolute Gasteiger partial charge is 0.462 e. The zero-order valence-corrected chi connectivity index (χ0v) is 19.4. The van der Waals surface area contributed by atoms with Crippen LogP contribution < -0.4 is 0 Å². The highest BCUT2D eigenvalue weighted by Crippen LogP contribution is 2.31. The first-order valence-electron chi connectivity index (χ1n) is 9.90. The molecule has 0 radical (unpaired) electrons. The van der Waals surface area contributed by atoms with E-state index in [4.69, 9.17) is 9.47 Å². The van der Waals surface area contributed by atoms with Gasteiger partial charge < -0.3 is 14.0 Å². The molecule has 0 bridgehead atoms. The summed E-state index contributed by atoms with van der Waals surface area (Å²) in [6.07, 6.45) is 1.37. The first-order chi connectivity index (χ1) is 14.7. The van der Waals surface area contributed by atoms with Gasteiger partial charge in [-0.1, -0.05) is 0 Å². The number of Topliss-reactive ketones (excluding diaryl/α,β-unsaturated/α-hetero) is 1. The van der Waals surface area contributed by atoms with Crippen LogP contribution in [0.1, 0.15) is 61.3 Å². The van der Waals surface area contributed by atoms with E-state index in [9.17, 15) is 19.6 Å². The lowest BCUT2D eigenvalue weighted by Crippen LogP contribution is -2.12. The van der Waals surface area contributed by atoms with Gasteiger partial charge in [0.2, 0.25) is 0 Å². The molecule has 0 aliphatic rings. The van der Waals surface area contributed by atoms with Crippen LogP contribution in [0.3, 0.4) is 0 Å². The van der Waals surface area contributed by atoms with Crippen LogP contribution in [0.2, 0.25) is 0 Å². The molecule has 0 fully saturated rings.